The molecule has 1 aliphatic heterocycles. The average molecular weight is 496 g/mol. The zero-order valence-electron chi connectivity index (χ0n) is 19.3. The van der Waals surface area contributed by atoms with Gasteiger partial charge < -0.3 is 15.2 Å². The fourth-order valence-electron chi connectivity index (χ4n) is 3.96. The number of pyridine rings is 2. The van der Waals surface area contributed by atoms with Crippen molar-refractivity contribution in [2.45, 2.75) is 18.1 Å². The molecule has 0 saturated carbocycles. The standard InChI is InChI=1S/C27H21N5O3S/c1-2-34-27(33)22-21(18-9-6-12-31-15-18)19(14-29)26(30)35-24(22)25(36)23-17(13-28)10-11-20(32-23)16-7-4-3-5-8-16/h3-12,15,21,25,36H,2,30H2,1H3. The molecule has 0 radical (unpaired) electrons. The first-order valence-electron chi connectivity index (χ1n) is 11.0. The Balaban J connectivity index is 1.93. The van der Waals surface area contributed by atoms with Crippen LogP contribution in [0.25, 0.3) is 11.3 Å². The number of ether oxygens (including phenoxy) is 2. The number of carbonyl (C=O) groups is 1. The summed E-state index contributed by atoms with van der Waals surface area (Å²) in [5.41, 5.74) is 8.78. The summed E-state index contributed by atoms with van der Waals surface area (Å²) in [6, 6.07) is 20.4. The van der Waals surface area contributed by atoms with Gasteiger partial charge in [0.05, 0.1) is 35.0 Å². The van der Waals surface area contributed by atoms with Crippen LogP contribution in [0.2, 0.25) is 0 Å². The molecule has 2 N–H and O–H groups in total. The van der Waals surface area contributed by atoms with Crippen molar-refractivity contribution < 1.29 is 14.3 Å². The molecule has 1 aliphatic rings. The Bertz CT molecular complexity index is 1440. The van der Waals surface area contributed by atoms with Crippen LogP contribution < -0.4 is 5.73 Å². The molecule has 36 heavy (non-hydrogen) atoms. The summed E-state index contributed by atoms with van der Waals surface area (Å²) in [4.78, 5) is 22.1. The minimum Gasteiger partial charge on any atom is -0.463 e. The number of thiol groups is 1. The molecule has 0 spiro atoms. The van der Waals surface area contributed by atoms with Crippen molar-refractivity contribution in [3.8, 4) is 23.4 Å². The molecule has 178 valence electrons. The predicted molar refractivity (Wildman–Crippen MR) is 135 cm³/mol. The molecule has 2 unspecified atom stereocenters. The lowest BCUT2D eigenvalue weighted by molar-refractivity contribution is -0.139. The molecule has 0 fully saturated rings. The monoisotopic (exact) mass is 495 g/mol. The number of nitriles is 2. The fraction of sp³-hybridized carbons (Fsp3) is 0.148. The summed E-state index contributed by atoms with van der Waals surface area (Å²) in [7, 11) is 0. The first-order valence-corrected chi connectivity index (χ1v) is 11.5. The van der Waals surface area contributed by atoms with Gasteiger partial charge in [-0.3, -0.25) is 4.98 Å². The van der Waals surface area contributed by atoms with Gasteiger partial charge in [0.15, 0.2) is 0 Å². The van der Waals surface area contributed by atoms with Crippen LogP contribution in [-0.4, -0.2) is 22.5 Å². The molecule has 3 aromatic rings. The van der Waals surface area contributed by atoms with E-state index in [1.54, 1.807) is 43.6 Å². The summed E-state index contributed by atoms with van der Waals surface area (Å²) in [6.45, 7) is 1.77. The molecular weight excluding hydrogens is 474 g/mol. The van der Waals surface area contributed by atoms with Crippen LogP contribution in [0.15, 0.2) is 89.8 Å². The highest BCUT2D eigenvalue weighted by atomic mass is 32.1. The van der Waals surface area contributed by atoms with Gasteiger partial charge in [-0.1, -0.05) is 36.4 Å². The molecule has 0 amide bonds. The molecule has 2 atom stereocenters. The lowest BCUT2D eigenvalue weighted by Crippen LogP contribution is -2.28. The molecule has 0 saturated heterocycles. The quantitative estimate of drug-likeness (QED) is 0.381. The van der Waals surface area contributed by atoms with E-state index in [-0.39, 0.29) is 40.7 Å². The third-order valence-corrected chi connectivity index (χ3v) is 6.06. The zero-order valence-corrected chi connectivity index (χ0v) is 20.1. The third kappa shape index (κ3) is 4.65. The van der Waals surface area contributed by atoms with Crippen LogP contribution in [0.3, 0.4) is 0 Å². The van der Waals surface area contributed by atoms with Crippen molar-refractivity contribution in [2.24, 2.45) is 5.73 Å². The van der Waals surface area contributed by atoms with Crippen LogP contribution in [-0.2, 0) is 14.3 Å². The van der Waals surface area contributed by atoms with Crippen molar-refractivity contribution in [1.82, 2.24) is 9.97 Å². The molecule has 4 rings (SSSR count). The van der Waals surface area contributed by atoms with Crippen LogP contribution in [0.4, 0.5) is 0 Å². The van der Waals surface area contributed by atoms with Gasteiger partial charge in [0, 0.05) is 18.0 Å². The van der Waals surface area contributed by atoms with Crippen molar-refractivity contribution >= 4 is 18.6 Å². The van der Waals surface area contributed by atoms with Gasteiger partial charge in [0.1, 0.15) is 28.7 Å². The number of carbonyl (C=O) groups excluding carboxylic acids is 1. The molecule has 2 aromatic heterocycles. The van der Waals surface area contributed by atoms with Crippen LogP contribution >= 0.6 is 12.6 Å². The van der Waals surface area contributed by atoms with E-state index in [9.17, 15) is 15.3 Å². The van der Waals surface area contributed by atoms with E-state index < -0.39 is 17.1 Å². The second-order valence-electron chi connectivity index (χ2n) is 7.72. The Labute approximate surface area is 213 Å². The highest BCUT2D eigenvalue weighted by Crippen LogP contribution is 2.45. The maximum atomic E-state index is 13.3. The Hall–Kier alpha value is -4.60. The molecule has 0 aliphatic carbocycles. The normalized spacial score (nSPS) is 15.9. The Kier molecular flexibility index (Phi) is 7.33. The lowest BCUT2D eigenvalue weighted by atomic mass is 9.83. The topological polar surface area (TPSA) is 135 Å². The maximum Gasteiger partial charge on any atom is 0.338 e. The smallest absolute Gasteiger partial charge is 0.338 e. The zero-order chi connectivity index (χ0) is 25.7. The van der Waals surface area contributed by atoms with Gasteiger partial charge in [-0.25, -0.2) is 9.78 Å². The summed E-state index contributed by atoms with van der Waals surface area (Å²) >= 11 is 4.74. The van der Waals surface area contributed by atoms with E-state index in [1.165, 1.54) is 0 Å². The summed E-state index contributed by atoms with van der Waals surface area (Å²) in [5.74, 6) is -1.73. The lowest BCUT2D eigenvalue weighted by Gasteiger charge is -2.30. The Morgan fingerprint density at radius 1 is 1.17 bits per heavy atom. The fourth-order valence-corrected chi connectivity index (χ4v) is 4.35. The summed E-state index contributed by atoms with van der Waals surface area (Å²) in [5, 5.41) is 18.7. The van der Waals surface area contributed by atoms with E-state index >= 15 is 0 Å². The van der Waals surface area contributed by atoms with Gasteiger partial charge in [0.25, 0.3) is 0 Å². The highest BCUT2D eigenvalue weighted by molar-refractivity contribution is 7.80. The predicted octanol–water partition coefficient (Wildman–Crippen LogP) is 4.31. The molecule has 8 nitrogen and oxygen atoms in total. The van der Waals surface area contributed by atoms with Crippen LogP contribution in [0.1, 0.15) is 34.9 Å². The maximum absolute atomic E-state index is 13.3. The van der Waals surface area contributed by atoms with Crippen molar-refractivity contribution in [3.05, 3.63) is 107 Å². The number of benzene rings is 1. The third-order valence-electron chi connectivity index (χ3n) is 5.58. The average Bonchev–Trinajstić information content (AvgIpc) is 2.92. The first-order chi connectivity index (χ1) is 17.5. The van der Waals surface area contributed by atoms with Crippen LogP contribution in [0.5, 0.6) is 0 Å². The molecular formula is C27H21N5O3S. The molecule has 0 bridgehead atoms. The largest absolute Gasteiger partial charge is 0.463 e. The van der Waals surface area contributed by atoms with E-state index in [4.69, 9.17) is 32.8 Å². The van der Waals surface area contributed by atoms with Crippen molar-refractivity contribution in [2.75, 3.05) is 6.61 Å². The van der Waals surface area contributed by atoms with E-state index in [0.717, 1.165) is 5.56 Å². The van der Waals surface area contributed by atoms with E-state index in [0.29, 0.717) is 11.3 Å². The second kappa shape index (κ2) is 10.8. The minimum absolute atomic E-state index is 0.0383. The Morgan fingerprint density at radius 3 is 2.58 bits per heavy atom. The van der Waals surface area contributed by atoms with Crippen molar-refractivity contribution in [3.63, 3.8) is 0 Å². The van der Waals surface area contributed by atoms with E-state index in [1.807, 2.05) is 36.4 Å². The summed E-state index contributed by atoms with van der Waals surface area (Å²) in [6.07, 6.45) is 3.12. The van der Waals surface area contributed by atoms with E-state index in [2.05, 4.69) is 11.1 Å². The highest BCUT2D eigenvalue weighted by Gasteiger charge is 2.40. The number of hydrogen-bond donors (Lipinski definition) is 2. The number of nitrogens with zero attached hydrogens (tertiary/aromatic N) is 4. The number of allylic oxidation sites excluding steroid dienone is 1. The van der Waals surface area contributed by atoms with Gasteiger partial charge in [-0.2, -0.15) is 23.2 Å². The van der Waals surface area contributed by atoms with Crippen molar-refractivity contribution in [1.29, 1.82) is 10.5 Å². The van der Waals surface area contributed by atoms with Gasteiger partial charge in [-0.05, 0) is 30.7 Å². The summed E-state index contributed by atoms with van der Waals surface area (Å²) < 4.78 is 11.2. The van der Waals surface area contributed by atoms with Gasteiger partial charge in [0.2, 0.25) is 5.88 Å². The van der Waals surface area contributed by atoms with Gasteiger partial charge >= 0.3 is 5.97 Å². The number of hydrogen-bond acceptors (Lipinski definition) is 9. The van der Waals surface area contributed by atoms with Crippen LogP contribution in [0, 0.1) is 22.7 Å². The molecule has 9 heteroatoms. The number of nitrogens with two attached hydrogens (primary N) is 1. The number of esters is 1. The second-order valence-corrected chi connectivity index (χ2v) is 8.24. The number of rotatable bonds is 6. The molecule has 3 heterocycles. The molecule has 1 aromatic carbocycles. The SMILES string of the molecule is CCOC(=O)C1=C(C(S)c2nc(-c3ccccc3)ccc2C#N)OC(N)=C(C#N)C1c1cccnc1. The number of aromatic nitrogens is 2. The Morgan fingerprint density at radius 2 is 1.94 bits per heavy atom. The van der Waals surface area contributed by atoms with Gasteiger partial charge in [-0.15, -0.1) is 0 Å². The first kappa shape index (κ1) is 24.5. The minimum atomic E-state index is -0.972.